The van der Waals surface area contributed by atoms with Crippen molar-refractivity contribution in [3.05, 3.63) is 59.7 Å². The van der Waals surface area contributed by atoms with Crippen molar-refractivity contribution in [1.29, 1.82) is 0 Å². The van der Waals surface area contributed by atoms with E-state index in [-0.39, 0.29) is 19.0 Å². The fourth-order valence-electron chi connectivity index (χ4n) is 3.14. The second-order valence-electron chi connectivity index (χ2n) is 8.50. The van der Waals surface area contributed by atoms with Crippen LogP contribution in [0.15, 0.2) is 54.1 Å². The van der Waals surface area contributed by atoms with Gasteiger partial charge in [-0.1, -0.05) is 62.4 Å². The highest BCUT2D eigenvalue weighted by atomic mass is 16.6. The lowest BCUT2D eigenvalue weighted by Crippen LogP contribution is -2.44. The van der Waals surface area contributed by atoms with Gasteiger partial charge in [0.2, 0.25) is 0 Å². The summed E-state index contributed by atoms with van der Waals surface area (Å²) in [7, 11) is 0. The molecule has 2 amide bonds. The molecule has 33 heavy (non-hydrogen) atoms. The number of ether oxygens (including phenoxy) is 1. The number of carboxylic acid groups (broad SMARTS) is 1. The molecule has 0 fully saturated rings. The highest BCUT2D eigenvalue weighted by molar-refractivity contribution is 5.97. The van der Waals surface area contributed by atoms with E-state index in [0.29, 0.717) is 12.1 Å². The molecule has 0 unspecified atom stereocenters. The Morgan fingerprint density at radius 2 is 1.64 bits per heavy atom. The van der Waals surface area contributed by atoms with Gasteiger partial charge in [-0.15, -0.1) is 0 Å². The van der Waals surface area contributed by atoms with E-state index < -0.39 is 24.2 Å². The van der Waals surface area contributed by atoms with Crippen molar-refractivity contribution < 1.29 is 24.2 Å². The summed E-state index contributed by atoms with van der Waals surface area (Å²) < 4.78 is 5.52. The Labute approximate surface area is 197 Å². The third-order valence-electron chi connectivity index (χ3n) is 4.60. The van der Waals surface area contributed by atoms with E-state index in [1.165, 1.54) is 9.80 Å². The van der Waals surface area contributed by atoms with Crippen LogP contribution in [0, 0.1) is 0 Å². The first-order valence-electron chi connectivity index (χ1n) is 11.6. The summed E-state index contributed by atoms with van der Waals surface area (Å²) in [5.41, 5.74) is 0.739. The molecule has 2 rings (SSSR count). The van der Waals surface area contributed by atoms with E-state index in [4.69, 9.17) is 4.74 Å². The Bertz CT molecular complexity index is 825. The molecular formula is C26H38N2O5. The van der Waals surface area contributed by atoms with Crippen molar-refractivity contribution in [2.75, 3.05) is 19.6 Å². The smallest absolute Gasteiger partial charge is 0.410 e. The highest BCUT2D eigenvalue weighted by Crippen LogP contribution is 2.15. The number of carboxylic acids is 1. The average molecular weight is 459 g/mol. The molecule has 0 atom stereocenters. The van der Waals surface area contributed by atoms with Gasteiger partial charge in [0, 0.05) is 25.2 Å². The Morgan fingerprint density at radius 3 is 2.24 bits per heavy atom. The molecule has 0 saturated carbocycles. The average Bonchev–Trinajstić information content (AvgIpc) is 3.05. The molecule has 7 nitrogen and oxygen atoms in total. The molecule has 0 radical (unpaired) electrons. The van der Waals surface area contributed by atoms with Crippen LogP contribution in [0.5, 0.6) is 0 Å². The number of hydrogen-bond acceptors (Lipinski definition) is 4. The number of nitrogens with zero attached hydrogens (tertiary/aromatic N) is 2. The first-order valence-corrected chi connectivity index (χ1v) is 11.6. The molecule has 0 aliphatic heterocycles. The maximum absolute atomic E-state index is 13.0. The predicted molar refractivity (Wildman–Crippen MR) is 130 cm³/mol. The molecule has 7 heteroatoms. The molecule has 1 N–H and O–H groups in total. The van der Waals surface area contributed by atoms with Gasteiger partial charge in [-0.3, -0.25) is 9.59 Å². The maximum atomic E-state index is 13.0. The fourth-order valence-corrected chi connectivity index (χ4v) is 3.14. The van der Waals surface area contributed by atoms with Gasteiger partial charge in [-0.2, -0.15) is 0 Å². The highest BCUT2D eigenvalue weighted by Gasteiger charge is 2.25. The van der Waals surface area contributed by atoms with E-state index in [1.807, 2.05) is 56.3 Å². The number of benzene rings is 1. The molecule has 0 bridgehead atoms. The van der Waals surface area contributed by atoms with Gasteiger partial charge in [0.1, 0.15) is 12.1 Å². The van der Waals surface area contributed by atoms with Crippen LogP contribution in [0.2, 0.25) is 0 Å². The minimum Gasteiger partial charge on any atom is -0.480 e. The summed E-state index contributed by atoms with van der Waals surface area (Å²) in [4.78, 5) is 39.9. The largest absolute Gasteiger partial charge is 0.480 e. The minimum atomic E-state index is -1.10. The summed E-state index contributed by atoms with van der Waals surface area (Å²) in [5.74, 6) is -1.44. The van der Waals surface area contributed by atoms with E-state index in [9.17, 15) is 19.5 Å². The molecular weight excluding hydrogens is 420 g/mol. The lowest BCUT2D eigenvalue weighted by atomic mass is 10.2. The number of amides is 2. The third-order valence-corrected chi connectivity index (χ3v) is 4.60. The van der Waals surface area contributed by atoms with E-state index in [0.717, 1.165) is 24.8 Å². The number of carbonyl (C=O) groups is 3. The molecule has 1 aromatic rings. The SMILES string of the molecule is CC.CC(C)(C)OC(=O)N(CCN(CC(=O)O)C(=O)C1=CCCCC=C1)Cc1ccccc1. The Hall–Kier alpha value is -3.09. The molecule has 0 heterocycles. The maximum Gasteiger partial charge on any atom is 0.410 e. The molecule has 1 aromatic carbocycles. The topological polar surface area (TPSA) is 87.2 Å². The fraction of sp³-hybridized carbons (Fsp3) is 0.500. The molecule has 1 aliphatic rings. The zero-order valence-corrected chi connectivity index (χ0v) is 20.5. The van der Waals surface area contributed by atoms with Gasteiger partial charge in [0.05, 0.1) is 0 Å². The lowest BCUT2D eigenvalue weighted by molar-refractivity contribution is -0.143. The molecule has 182 valence electrons. The number of carbonyl (C=O) groups excluding carboxylic acids is 2. The van der Waals surface area contributed by atoms with E-state index in [2.05, 4.69) is 0 Å². The molecule has 0 aromatic heterocycles. The minimum absolute atomic E-state index is 0.0857. The van der Waals surface area contributed by atoms with Gasteiger partial charge < -0.3 is 19.6 Å². The molecule has 1 aliphatic carbocycles. The summed E-state index contributed by atoms with van der Waals surface area (Å²) in [6.45, 7) is 9.47. The van der Waals surface area contributed by atoms with Crippen LogP contribution in [0.4, 0.5) is 4.79 Å². The Kier molecular flexibility index (Phi) is 12.0. The third kappa shape index (κ3) is 10.9. The van der Waals surface area contributed by atoms with Crippen LogP contribution in [-0.2, 0) is 20.9 Å². The van der Waals surface area contributed by atoms with Crippen LogP contribution in [0.3, 0.4) is 0 Å². The summed E-state index contributed by atoms with van der Waals surface area (Å²) in [5, 5.41) is 9.31. The second kappa shape index (κ2) is 14.1. The summed E-state index contributed by atoms with van der Waals surface area (Å²) >= 11 is 0. The van der Waals surface area contributed by atoms with Crippen LogP contribution < -0.4 is 0 Å². The number of hydrogen-bond donors (Lipinski definition) is 1. The zero-order valence-electron chi connectivity index (χ0n) is 20.5. The lowest BCUT2D eigenvalue weighted by Gasteiger charge is -2.30. The van der Waals surface area contributed by atoms with Crippen molar-refractivity contribution in [3.63, 3.8) is 0 Å². The number of allylic oxidation sites excluding steroid dienone is 2. The van der Waals surface area contributed by atoms with Gasteiger partial charge in [0.25, 0.3) is 5.91 Å². The quantitative estimate of drug-likeness (QED) is 0.590. The van der Waals surface area contributed by atoms with E-state index in [1.54, 1.807) is 26.8 Å². The van der Waals surface area contributed by atoms with Gasteiger partial charge in [-0.05, 0) is 45.6 Å². The van der Waals surface area contributed by atoms with E-state index >= 15 is 0 Å². The molecule has 0 saturated heterocycles. The van der Waals surface area contributed by atoms with Crippen LogP contribution >= 0.6 is 0 Å². The van der Waals surface area contributed by atoms with Crippen LogP contribution in [-0.4, -0.2) is 58.1 Å². The number of rotatable bonds is 8. The first kappa shape index (κ1) is 27.9. The zero-order chi connectivity index (χ0) is 24.9. The Morgan fingerprint density at radius 1 is 1.00 bits per heavy atom. The van der Waals surface area contributed by atoms with Gasteiger partial charge in [-0.25, -0.2) is 4.79 Å². The normalized spacial score (nSPS) is 13.1. The predicted octanol–water partition coefficient (Wildman–Crippen LogP) is 5.03. The second-order valence-corrected chi connectivity index (χ2v) is 8.50. The first-order chi connectivity index (χ1) is 15.7. The van der Waals surface area contributed by atoms with Crippen molar-refractivity contribution >= 4 is 18.0 Å². The summed E-state index contributed by atoms with van der Waals surface area (Å²) in [6, 6.07) is 9.46. The van der Waals surface area contributed by atoms with Gasteiger partial charge in [0.15, 0.2) is 0 Å². The van der Waals surface area contributed by atoms with Crippen molar-refractivity contribution in [2.24, 2.45) is 0 Å². The van der Waals surface area contributed by atoms with Crippen molar-refractivity contribution in [3.8, 4) is 0 Å². The molecule has 0 spiro atoms. The standard InChI is InChI=1S/C24H32N2O5.C2H6/c1-24(2,3)31-23(30)26(17-19-11-7-6-8-12-19)16-15-25(18-21(27)28)22(29)20-13-9-4-5-10-14-20;1-2/h6-9,11-14H,4-5,10,15-18H2,1-3H3,(H,27,28);1-2H3. The summed E-state index contributed by atoms with van der Waals surface area (Å²) in [6.07, 6.45) is 7.62. The monoisotopic (exact) mass is 458 g/mol. The van der Waals surface area contributed by atoms with Crippen molar-refractivity contribution in [2.45, 2.75) is 66.0 Å². The van der Waals surface area contributed by atoms with Crippen LogP contribution in [0.25, 0.3) is 0 Å². The number of aliphatic carboxylic acids is 1. The van der Waals surface area contributed by atoms with Crippen LogP contribution in [0.1, 0.15) is 59.4 Å². The Balaban J connectivity index is 0.00000265. The van der Waals surface area contributed by atoms with Crippen molar-refractivity contribution in [1.82, 2.24) is 9.80 Å². The van der Waals surface area contributed by atoms with Gasteiger partial charge >= 0.3 is 12.1 Å².